The standard InChI is InChI=1S/C9H10O3S/c1-8-4-2-3-5-9(8)6-7-12-13(10)11/h2-7H,1H3,(H,10,11)/p-1. The number of benzene rings is 1. The predicted molar refractivity (Wildman–Crippen MR) is 50.2 cm³/mol. The Hall–Kier alpha value is -1.13. The molecule has 3 nitrogen and oxygen atoms in total. The second kappa shape index (κ2) is 4.79. The van der Waals surface area contributed by atoms with E-state index in [4.69, 9.17) is 0 Å². The molecule has 1 unspecified atom stereocenters. The van der Waals surface area contributed by atoms with Gasteiger partial charge in [0.25, 0.3) is 0 Å². The molecule has 0 amide bonds. The maximum atomic E-state index is 10.0. The monoisotopic (exact) mass is 197 g/mol. The Morgan fingerprint density at radius 1 is 1.46 bits per heavy atom. The topological polar surface area (TPSA) is 49.4 Å². The van der Waals surface area contributed by atoms with E-state index in [0.717, 1.165) is 17.4 Å². The lowest BCUT2D eigenvalue weighted by Gasteiger charge is -2.01. The summed E-state index contributed by atoms with van der Waals surface area (Å²) in [4.78, 5) is 0. The molecule has 0 aliphatic heterocycles. The quantitative estimate of drug-likeness (QED) is 0.548. The van der Waals surface area contributed by atoms with Gasteiger partial charge in [0.1, 0.15) is 17.6 Å². The van der Waals surface area contributed by atoms with Crippen LogP contribution in [0.5, 0.6) is 0 Å². The minimum atomic E-state index is -2.48. The highest BCUT2D eigenvalue weighted by atomic mass is 32.2. The second-order valence-electron chi connectivity index (χ2n) is 2.46. The van der Waals surface area contributed by atoms with Crippen LogP contribution in [0.4, 0.5) is 0 Å². The maximum Gasteiger partial charge on any atom is 0.138 e. The van der Waals surface area contributed by atoms with Gasteiger partial charge in [0, 0.05) is 0 Å². The zero-order chi connectivity index (χ0) is 9.68. The van der Waals surface area contributed by atoms with Gasteiger partial charge >= 0.3 is 0 Å². The van der Waals surface area contributed by atoms with Crippen molar-refractivity contribution < 1.29 is 12.9 Å². The first-order valence-corrected chi connectivity index (χ1v) is 4.69. The summed E-state index contributed by atoms with van der Waals surface area (Å²) in [6.45, 7) is 1.94. The molecule has 0 aliphatic rings. The fourth-order valence-corrected chi connectivity index (χ4v) is 1.07. The summed E-state index contributed by atoms with van der Waals surface area (Å²) < 4.78 is 24.2. The van der Waals surface area contributed by atoms with Crippen molar-refractivity contribution in [2.75, 3.05) is 0 Å². The highest BCUT2D eigenvalue weighted by Gasteiger charge is 1.89. The molecule has 0 aromatic heterocycles. The van der Waals surface area contributed by atoms with Crippen molar-refractivity contribution in [3.05, 3.63) is 41.7 Å². The van der Waals surface area contributed by atoms with E-state index in [1.54, 1.807) is 6.08 Å². The molecular weight excluding hydrogens is 188 g/mol. The van der Waals surface area contributed by atoms with E-state index < -0.39 is 11.4 Å². The van der Waals surface area contributed by atoms with E-state index in [0.29, 0.717) is 0 Å². The molecule has 0 fully saturated rings. The highest BCUT2D eigenvalue weighted by molar-refractivity contribution is 7.74. The number of aryl methyl sites for hydroxylation is 1. The molecule has 1 aromatic rings. The van der Waals surface area contributed by atoms with E-state index in [2.05, 4.69) is 4.18 Å². The van der Waals surface area contributed by atoms with Crippen LogP contribution in [0.3, 0.4) is 0 Å². The van der Waals surface area contributed by atoms with Gasteiger partial charge in [-0.05, 0) is 24.1 Å². The van der Waals surface area contributed by atoms with Crippen molar-refractivity contribution in [1.82, 2.24) is 0 Å². The van der Waals surface area contributed by atoms with E-state index in [1.165, 1.54) is 0 Å². The number of hydrogen-bond acceptors (Lipinski definition) is 3. The van der Waals surface area contributed by atoms with Crippen molar-refractivity contribution in [2.45, 2.75) is 6.92 Å². The van der Waals surface area contributed by atoms with Crippen LogP contribution in [0.15, 0.2) is 30.5 Å². The van der Waals surface area contributed by atoms with Crippen LogP contribution in [0.25, 0.3) is 6.08 Å². The van der Waals surface area contributed by atoms with Crippen LogP contribution in [-0.2, 0) is 15.5 Å². The summed E-state index contributed by atoms with van der Waals surface area (Å²) in [5, 5.41) is 0. The molecule has 4 heteroatoms. The molecule has 70 valence electrons. The third-order valence-electron chi connectivity index (χ3n) is 1.57. The van der Waals surface area contributed by atoms with Crippen LogP contribution in [-0.4, -0.2) is 8.76 Å². The Morgan fingerprint density at radius 3 is 2.77 bits per heavy atom. The average molecular weight is 197 g/mol. The van der Waals surface area contributed by atoms with Crippen molar-refractivity contribution in [3.8, 4) is 0 Å². The van der Waals surface area contributed by atoms with Crippen LogP contribution < -0.4 is 0 Å². The predicted octanol–water partition coefficient (Wildman–Crippen LogP) is 1.78. The van der Waals surface area contributed by atoms with Gasteiger partial charge in [-0.1, -0.05) is 24.3 Å². The van der Waals surface area contributed by atoms with Gasteiger partial charge in [0.2, 0.25) is 0 Å². The van der Waals surface area contributed by atoms with Crippen LogP contribution in [0.2, 0.25) is 0 Å². The van der Waals surface area contributed by atoms with Gasteiger partial charge in [-0.25, -0.2) is 4.21 Å². The molecule has 0 N–H and O–H groups in total. The fourth-order valence-electron chi connectivity index (χ4n) is 0.920. The van der Waals surface area contributed by atoms with Gasteiger partial charge in [-0.3, -0.25) is 0 Å². The summed E-state index contributed by atoms with van der Waals surface area (Å²) in [6.07, 6.45) is 2.75. The van der Waals surface area contributed by atoms with Gasteiger partial charge in [-0.2, -0.15) is 0 Å². The number of rotatable bonds is 3. The Balaban J connectivity index is 2.68. The Morgan fingerprint density at radius 2 is 2.15 bits per heavy atom. The SMILES string of the molecule is Cc1ccccc1C=COS(=O)[O-]. The average Bonchev–Trinajstić information content (AvgIpc) is 2.08. The normalized spacial score (nSPS) is 13.1. The van der Waals surface area contributed by atoms with Crippen molar-refractivity contribution in [3.63, 3.8) is 0 Å². The maximum absolute atomic E-state index is 10.0. The minimum Gasteiger partial charge on any atom is -0.740 e. The fraction of sp³-hybridized carbons (Fsp3) is 0.111. The lowest BCUT2D eigenvalue weighted by atomic mass is 10.1. The first kappa shape index (κ1) is 9.95. The summed E-state index contributed by atoms with van der Waals surface area (Å²) >= 11 is -2.48. The summed E-state index contributed by atoms with van der Waals surface area (Å²) in [7, 11) is 0. The Bertz CT molecular complexity index is 333. The molecular formula is C9H9O3S-. The van der Waals surface area contributed by atoms with Gasteiger partial charge in [0.15, 0.2) is 0 Å². The molecule has 0 heterocycles. The minimum absolute atomic E-state index is 0.938. The molecule has 0 saturated heterocycles. The molecule has 0 radical (unpaired) electrons. The zero-order valence-electron chi connectivity index (χ0n) is 7.10. The number of hydrogen-bond donors (Lipinski definition) is 0. The van der Waals surface area contributed by atoms with Crippen LogP contribution in [0, 0.1) is 6.92 Å². The van der Waals surface area contributed by atoms with Gasteiger partial charge < -0.3 is 8.74 Å². The first-order chi connectivity index (χ1) is 6.20. The molecule has 0 aliphatic carbocycles. The van der Waals surface area contributed by atoms with E-state index >= 15 is 0 Å². The summed E-state index contributed by atoms with van der Waals surface area (Å²) in [5.41, 5.74) is 2.01. The Labute approximate surface area is 79.5 Å². The third kappa shape index (κ3) is 3.40. The third-order valence-corrected chi connectivity index (χ3v) is 1.84. The smallest absolute Gasteiger partial charge is 0.138 e. The largest absolute Gasteiger partial charge is 0.740 e. The van der Waals surface area contributed by atoms with Crippen molar-refractivity contribution in [1.29, 1.82) is 0 Å². The van der Waals surface area contributed by atoms with E-state index in [9.17, 15) is 8.76 Å². The second-order valence-corrected chi connectivity index (χ2v) is 3.06. The molecule has 0 saturated carbocycles. The summed E-state index contributed by atoms with van der Waals surface area (Å²) in [5.74, 6) is 0. The van der Waals surface area contributed by atoms with Crippen LogP contribution >= 0.6 is 0 Å². The Kier molecular flexibility index (Phi) is 3.67. The van der Waals surface area contributed by atoms with Crippen molar-refractivity contribution in [2.24, 2.45) is 0 Å². The van der Waals surface area contributed by atoms with Crippen LogP contribution in [0.1, 0.15) is 11.1 Å². The lowest BCUT2D eigenvalue weighted by molar-refractivity contribution is 0.407. The van der Waals surface area contributed by atoms with Gasteiger partial charge in [-0.15, -0.1) is 0 Å². The van der Waals surface area contributed by atoms with E-state index in [1.807, 2.05) is 31.2 Å². The lowest BCUT2D eigenvalue weighted by Crippen LogP contribution is -1.86. The molecule has 0 spiro atoms. The molecule has 1 rings (SSSR count). The first-order valence-electron chi connectivity index (χ1n) is 3.69. The van der Waals surface area contributed by atoms with Gasteiger partial charge in [0.05, 0.1) is 0 Å². The zero-order valence-corrected chi connectivity index (χ0v) is 7.91. The van der Waals surface area contributed by atoms with Crippen molar-refractivity contribution >= 4 is 17.4 Å². The molecule has 13 heavy (non-hydrogen) atoms. The van der Waals surface area contributed by atoms with E-state index in [-0.39, 0.29) is 0 Å². The molecule has 0 bridgehead atoms. The summed E-state index contributed by atoms with van der Waals surface area (Å²) in [6, 6.07) is 7.61. The molecule has 1 atom stereocenters. The highest BCUT2D eigenvalue weighted by Crippen LogP contribution is 2.08. The molecule has 1 aromatic carbocycles.